The summed E-state index contributed by atoms with van der Waals surface area (Å²) < 4.78 is 24.2. The number of hydrogen-bond donors (Lipinski definition) is 0. The molecule has 162 valence electrons. The zero-order valence-electron chi connectivity index (χ0n) is 18.0. The first-order valence-electron chi connectivity index (χ1n) is 10.9. The first kappa shape index (κ1) is 21.6. The summed E-state index contributed by atoms with van der Waals surface area (Å²) in [6.45, 7) is 2.66. The fourth-order valence-corrected chi connectivity index (χ4v) is 6.15. The Kier molecular flexibility index (Phi) is 7.05. The highest BCUT2D eigenvalue weighted by Crippen LogP contribution is 2.25. The summed E-state index contributed by atoms with van der Waals surface area (Å²) in [6.07, 6.45) is 3.26. The number of hydrogen-bond acceptors (Lipinski definition) is 4. The number of benzene rings is 3. The van der Waals surface area contributed by atoms with Gasteiger partial charge in [-0.1, -0.05) is 48.5 Å². The quantitative estimate of drug-likeness (QED) is 0.484. The van der Waals surface area contributed by atoms with Gasteiger partial charge in [-0.25, -0.2) is 8.57 Å². The standard InChI is InChI=1S/C26H30N2O2S/c1-30-24-16-14-22(15-17-24)18-20-28-19-8-9-23(28)21-27-31(29,25-10-4-2-5-11-25)26-12-6-3-7-13-26/h2-7,10-17,23H,8-9,18-21H2,1H3. The number of likely N-dealkylation sites (tertiary alicyclic amines) is 1. The van der Waals surface area contributed by atoms with E-state index in [2.05, 4.69) is 17.0 Å². The van der Waals surface area contributed by atoms with Gasteiger partial charge in [0.2, 0.25) is 0 Å². The van der Waals surface area contributed by atoms with E-state index in [9.17, 15) is 4.21 Å². The van der Waals surface area contributed by atoms with E-state index in [-0.39, 0.29) is 0 Å². The van der Waals surface area contributed by atoms with Gasteiger partial charge in [0.1, 0.15) is 15.5 Å². The maximum Gasteiger partial charge on any atom is 0.118 e. The van der Waals surface area contributed by atoms with Gasteiger partial charge in [0, 0.05) is 12.6 Å². The third-order valence-corrected chi connectivity index (χ3v) is 8.27. The minimum atomic E-state index is -2.65. The van der Waals surface area contributed by atoms with Gasteiger partial charge < -0.3 is 4.74 Å². The Labute approximate surface area is 186 Å². The molecule has 3 aromatic carbocycles. The van der Waals surface area contributed by atoms with Crippen LogP contribution in [0.2, 0.25) is 0 Å². The van der Waals surface area contributed by atoms with E-state index in [1.807, 2.05) is 72.8 Å². The molecule has 1 heterocycles. The zero-order valence-corrected chi connectivity index (χ0v) is 18.8. The summed E-state index contributed by atoms with van der Waals surface area (Å²) in [6, 6.07) is 28.0. The summed E-state index contributed by atoms with van der Waals surface area (Å²) in [5, 5.41) is 0. The Morgan fingerprint density at radius 2 is 1.55 bits per heavy atom. The van der Waals surface area contributed by atoms with Crippen molar-refractivity contribution in [2.75, 3.05) is 26.7 Å². The molecule has 1 fully saturated rings. The van der Waals surface area contributed by atoms with Crippen molar-refractivity contribution in [3.63, 3.8) is 0 Å². The summed E-state index contributed by atoms with van der Waals surface area (Å²) in [4.78, 5) is 4.07. The molecule has 1 saturated heterocycles. The second kappa shape index (κ2) is 10.1. The number of methoxy groups -OCH3 is 1. The SMILES string of the molecule is COc1ccc(CCN2CCCC2CN=S(=O)(c2ccccc2)c2ccccc2)cc1. The lowest BCUT2D eigenvalue weighted by atomic mass is 10.1. The molecule has 4 rings (SSSR count). The molecule has 3 aromatic rings. The molecule has 0 amide bonds. The van der Waals surface area contributed by atoms with E-state index < -0.39 is 9.73 Å². The van der Waals surface area contributed by atoms with E-state index in [0.717, 1.165) is 41.5 Å². The van der Waals surface area contributed by atoms with Crippen molar-refractivity contribution in [3.05, 3.63) is 90.5 Å². The number of ether oxygens (including phenoxy) is 1. The highest BCUT2D eigenvalue weighted by atomic mass is 32.2. The van der Waals surface area contributed by atoms with E-state index in [1.165, 1.54) is 12.0 Å². The van der Waals surface area contributed by atoms with Crippen LogP contribution < -0.4 is 4.74 Å². The molecule has 1 atom stereocenters. The Morgan fingerprint density at radius 3 is 2.13 bits per heavy atom. The second-order valence-corrected chi connectivity index (χ2v) is 10.1. The normalized spacial score (nSPS) is 16.9. The van der Waals surface area contributed by atoms with Crippen LogP contribution in [-0.2, 0) is 16.1 Å². The summed E-state index contributed by atoms with van der Waals surface area (Å²) in [5.74, 6) is 0.887. The van der Waals surface area contributed by atoms with Gasteiger partial charge in [-0.05, 0) is 67.8 Å². The second-order valence-electron chi connectivity index (χ2n) is 7.89. The molecular formula is C26H30N2O2S. The Morgan fingerprint density at radius 1 is 0.935 bits per heavy atom. The molecule has 1 unspecified atom stereocenters. The van der Waals surface area contributed by atoms with Crippen molar-refractivity contribution in [2.45, 2.75) is 35.1 Å². The largest absolute Gasteiger partial charge is 0.497 e. The topological polar surface area (TPSA) is 41.9 Å². The number of rotatable bonds is 8. The lowest BCUT2D eigenvalue weighted by Gasteiger charge is -2.23. The zero-order chi connectivity index (χ0) is 21.5. The van der Waals surface area contributed by atoms with Crippen molar-refractivity contribution in [1.29, 1.82) is 0 Å². The lowest BCUT2D eigenvalue weighted by molar-refractivity contribution is 0.262. The minimum Gasteiger partial charge on any atom is -0.497 e. The molecule has 1 aliphatic rings. The summed E-state index contributed by atoms with van der Waals surface area (Å²) in [5.41, 5.74) is 1.31. The molecule has 0 saturated carbocycles. The van der Waals surface area contributed by atoms with Crippen LogP contribution >= 0.6 is 0 Å². The third-order valence-electron chi connectivity index (χ3n) is 5.94. The molecular weight excluding hydrogens is 404 g/mol. The number of nitrogens with zero attached hydrogens (tertiary/aromatic N) is 2. The van der Waals surface area contributed by atoms with E-state index in [4.69, 9.17) is 9.10 Å². The highest BCUT2D eigenvalue weighted by Gasteiger charge is 2.25. The molecule has 0 spiro atoms. The van der Waals surface area contributed by atoms with Crippen molar-refractivity contribution in [1.82, 2.24) is 4.90 Å². The maximum absolute atomic E-state index is 14.1. The molecule has 4 nitrogen and oxygen atoms in total. The molecule has 5 heteroatoms. The van der Waals surface area contributed by atoms with Crippen LogP contribution in [0.4, 0.5) is 0 Å². The van der Waals surface area contributed by atoms with Crippen LogP contribution in [-0.4, -0.2) is 41.9 Å². The lowest BCUT2D eigenvalue weighted by Crippen LogP contribution is -2.33. The molecule has 0 bridgehead atoms. The molecule has 0 aliphatic carbocycles. The van der Waals surface area contributed by atoms with Crippen molar-refractivity contribution in [2.24, 2.45) is 4.36 Å². The van der Waals surface area contributed by atoms with Crippen LogP contribution in [0.15, 0.2) is 99.1 Å². The third kappa shape index (κ3) is 5.17. The van der Waals surface area contributed by atoms with Crippen molar-refractivity contribution in [3.8, 4) is 5.75 Å². The van der Waals surface area contributed by atoms with Gasteiger partial charge in [-0.2, -0.15) is 0 Å². The fourth-order valence-electron chi connectivity index (χ4n) is 4.15. The van der Waals surface area contributed by atoms with Crippen LogP contribution in [0.1, 0.15) is 18.4 Å². The van der Waals surface area contributed by atoms with Gasteiger partial charge in [0.05, 0.1) is 23.4 Å². The van der Waals surface area contributed by atoms with E-state index in [0.29, 0.717) is 12.6 Å². The first-order valence-corrected chi connectivity index (χ1v) is 12.4. The summed E-state index contributed by atoms with van der Waals surface area (Å²) >= 11 is 0. The molecule has 0 aromatic heterocycles. The minimum absolute atomic E-state index is 0.339. The average Bonchev–Trinajstić information content (AvgIpc) is 3.30. The summed E-state index contributed by atoms with van der Waals surface area (Å²) in [7, 11) is -0.957. The van der Waals surface area contributed by atoms with Crippen molar-refractivity contribution >= 4 is 9.73 Å². The highest BCUT2D eigenvalue weighted by molar-refractivity contribution is 7.93. The van der Waals surface area contributed by atoms with Gasteiger partial charge >= 0.3 is 0 Å². The van der Waals surface area contributed by atoms with Crippen LogP contribution in [0.3, 0.4) is 0 Å². The van der Waals surface area contributed by atoms with Gasteiger partial charge in [0.15, 0.2) is 0 Å². The molecule has 31 heavy (non-hydrogen) atoms. The maximum atomic E-state index is 14.1. The monoisotopic (exact) mass is 434 g/mol. The van der Waals surface area contributed by atoms with Gasteiger partial charge in [-0.3, -0.25) is 4.90 Å². The van der Waals surface area contributed by atoms with E-state index in [1.54, 1.807) is 7.11 Å². The Balaban J connectivity index is 1.50. The smallest absolute Gasteiger partial charge is 0.118 e. The first-order chi connectivity index (χ1) is 15.2. The van der Waals surface area contributed by atoms with Gasteiger partial charge in [-0.15, -0.1) is 0 Å². The fraction of sp³-hybridized carbons (Fsp3) is 0.308. The predicted octanol–water partition coefficient (Wildman–Crippen LogP) is 5.29. The Hall–Kier alpha value is -2.63. The average molecular weight is 435 g/mol. The molecule has 0 radical (unpaired) electrons. The van der Waals surface area contributed by atoms with Gasteiger partial charge in [0.25, 0.3) is 0 Å². The molecule has 0 N–H and O–H groups in total. The molecule has 1 aliphatic heterocycles. The van der Waals surface area contributed by atoms with Crippen molar-refractivity contribution < 1.29 is 8.95 Å². The van der Waals surface area contributed by atoms with Crippen LogP contribution in [0.25, 0.3) is 0 Å². The van der Waals surface area contributed by atoms with E-state index >= 15 is 0 Å². The predicted molar refractivity (Wildman–Crippen MR) is 126 cm³/mol. The van der Waals surface area contributed by atoms with Crippen LogP contribution in [0.5, 0.6) is 5.75 Å². The van der Waals surface area contributed by atoms with Crippen LogP contribution in [0, 0.1) is 0 Å². The Bertz CT molecular complexity index is 1030.